The smallest absolute Gasteiger partial charge is 0.319 e. The first-order chi connectivity index (χ1) is 15.4. The lowest BCUT2D eigenvalue weighted by atomic mass is 10.1. The summed E-state index contributed by atoms with van der Waals surface area (Å²) in [6, 6.07) is 16.0. The van der Waals surface area contributed by atoms with Gasteiger partial charge in [0.15, 0.2) is 11.4 Å². The van der Waals surface area contributed by atoms with E-state index in [2.05, 4.69) is 21.1 Å². The van der Waals surface area contributed by atoms with Crippen LogP contribution in [0.3, 0.4) is 0 Å². The number of halogens is 1. The van der Waals surface area contributed by atoms with Crippen molar-refractivity contribution in [3.8, 4) is 0 Å². The minimum absolute atomic E-state index is 0.142. The van der Waals surface area contributed by atoms with Gasteiger partial charge in [-0.1, -0.05) is 29.4 Å². The van der Waals surface area contributed by atoms with E-state index < -0.39 is 11.8 Å². The second kappa shape index (κ2) is 8.76. The van der Waals surface area contributed by atoms with Crippen LogP contribution in [0.25, 0.3) is 11.0 Å². The van der Waals surface area contributed by atoms with E-state index in [0.717, 1.165) is 5.56 Å². The Labute approximate surface area is 182 Å². The second-order valence-electron chi connectivity index (χ2n) is 7.17. The number of hydrogen-bond acceptors (Lipinski definition) is 5. The van der Waals surface area contributed by atoms with Crippen LogP contribution >= 0.6 is 0 Å². The molecule has 5 N–H and O–H groups in total. The molecule has 0 saturated carbocycles. The predicted octanol–water partition coefficient (Wildman–Crippen LogP) is 4.43. The predicted molar refractivity (Wildman–Crippen MR) is 120 cm³/mol. The van der Waals surface area contributed by atoms with Gasteiger partial charge < -0.3 is 26.2 Å². The molecule has 4 aromatic rings. The van der Waals surface area contributed by atoms with Gasteiger partial charge in [-0.2, -0.15) is 0 Å². The van der Waals surface area contributed by atoms with Gasteiger partial charge in [-0.25, -0.2) is 9.18 Å². The average Bonchev–Trinajstić information content (AvgIpc) is 3.16. The summed E-state index contributed by atoms with van der Waals surface area (Å²) < 4.78 is 18.7. The first-order valence-electron chi connectivity index (χ1n) is 9.76. The molecule has 0 aliphatic rings. The summed E-state index contributed by atoms with van der Waals surface area (Å²) in [6.45, 7) is 1.85. The molecule has 4 rings (SSSR count). The summed E-state index contributed by atoms with van der Waals surface area (Å²) in [4.78, 5) is 24.9. The summed E-state index contributed by atoms with van der Waals surface area (Å²) in [5.74, 6) is -0.618. The first-order valence-corrected chi connectivity index (χ1v) is 9.76. The van der Waals surface area contributed by atoms with E-state index in [1.54, 1.807) is 61.5 Å². The van der Waals surface area contributed by atoms with Crippen LogP contribution in [0, 0.1) is 12.7 Å². The van der Waals surface area contributed by atoms with Crippen LogP contribution < -0.4 is 21.7 Å². The van der Waals surface area contributed by atoms with Crippen molar-refractivity contribution in [2.45, 2.75) is 13.5 Å². The van der Waals surface area contributed by atoms with Gasteiger partial charge in [0.2, 0.25) is 0 Å². The van der Waals surface area contributed by atoms with E-state index in [1.165, 1.54) is 6.07 Å². The van der Waals surface area contributed by atoms with Gasteiger partial charge in [0.25, 0.3) is 5.91 Å². The zero-order chi connectivity index (χ0) is 22.7. The monoisotopic (exact) mass is 433 g/mol. The van der Waals surface area contributed by atoms with Gasteiger partial charge in [-0.05, 0) is 54.4 Å². The molecule has 0 aliphatic carbocycles. The fraction of sp³-hybridized carbons (Fsp3) is 0.0870. The van der Waals surface area contributed by atoms with Crippen LogP contribution in [0.2, 0.25) is 0 Å². The number of aromatic nitrogens is 1. The third-order valence-electron chi connectivity index (χ3n) is 4.84. The molecular weight excluding hydrogens is 413 g/mol. The highest BCUT2D eigenvalue weighted by molar-refractivity contribution is 6.14. The Kier molecular flexibility index (Phi) is 5.71. The number of aryl methyl sites for hydroxylation is 1. The molecule has 9 heteroatoms. The highest BCUT2D eigenvalue weighted by atomic mass is 19.1. The number of nitrogens with two attached hydrogens (primary N) is 1. The minimum Gasteiger partial charge on any atom is -0.380 e. The Morgan fingerprint density at radius 2 is 1.81 bits per heavy atom. The molecular formula is C23H20FN5O3. The van der Waals surface area contributed by atoms with Gasteiger partial charge in [0.1, 0.15) is 5.82 Å². The molecule has 162 valence electrons. The molecule has 32 heavy (non-hydrogen) atoms. The molecule has 0 bridgehead atoms. The quantitative estimate of drug-likeness (QED) is 0.371. The average molecular weight is 433 g/mol. The Hall–Kier alpha value is -4.40. The van der Waals surface area contributed by atoms with Crippen molar-refractivity contribution in [3.05, 3.63) is 83.2 Å². The van der Waals surface area contributed by atoms with Crippen molar-refractivity contribution in [3.63, 3.8) is 0 Å². The molecule has 1 aromatic heterocycles. The van der Waals surface area contributed by atoms with Crippen LogP contribution in [-0.2, 0) is 6.54 Å². The van der Waals surface area contributed by atoms with Crippen LogP contribution in [0.5, 0.6) is 0 Å². The number of nitrogens with one attached hydrogen (secondary N) is 3. The second-order valence-corrected chi connectivity index (χ2v) is 7.17. The molecule has 8 nitrogen and oxygen atoms in total. The van der Waals surface area contributed by atoms with E-state index >= 15 is 0 Å². The molecule has 0 unspecified atom stereocenters. The largest absolute Gasteiger partial charge is 0.380 e. The molecule has 0 saturated heterocycles. The maximum Gasteiger partial charge on any atom is 0.319 e. The number of benzene rings is 3. The summed E-state index contributed by atoms with van der Waals surface area (Å²) in [7, 11) is 0. The highest BCUT2D eigenvalue weighted by Crippen LogP contribution is 2.25. The van der Waals surface area contributed by atoms with E-state index in [9.17, 15) is 14.0 Å². The van der Waals surface area contributed by atoms with Gasteiger partial charge >= 0.3 is 6.03 Å². The molecule has 0 radical (unpaired) electrons. The minimum atomic E-state index is -0.475. The SMILES string of the molecule is Cc1ccc(NC(=O)NCc2cccc(NC(=O)c3cccc4onc(N)c34)c2)cc1F. The fourth-order valence-corrected chi connectivity index (χ4v) is 3.19. The lowest BCUT2D eigenvalue weighted by Crippen LogP contribution is -2.28. The van der Waals surface area contributed by atoms with E-state index in [1.807, 2.05) is 0 Å². The van der Waals surface area contributed by atoms with Gasteiger partial charge in [0, 0.05) is 17.9 Å². The number of nitrogen functional groups attached to an aromatic ring is 1. The molecule has 0 atom stereocenters. The fourth-order valence-electron chi connectivity index (χ4n) is 3.19. The van der Waals surface area contributed by atoms with E-state index in [0.29, 0.717) is 33.5 Å². The maximum atomic E-state index is 13.6. The van der Waals surface area contributed by atoms with Crippen molar-refractivity contribution in [1.29, 1.82) is 0 Å². The van der Waals surface area contributed by atoms with Crippen molar-refractivity contribution >= 4 is 40.1 Å². The molecule has 3 amide bonds. The summed E-state index contributed by atoms with van der Waals surface area (Å²) >= 11 is 0. The van der Waals surface area contributed by atoms with Gasteiger partial charge in [0.05, 0.1) is 10.9 Å². The summed E-state index contributed by atoms with van der Waals surface area (Å²) in [5.41, 5.74) is 8.74. The van der Waals surface area contributed by atoms with Crippen LogP contribution in [-0.4, -0.2) is 17.1 Å². The molecule has 0 aliphatic heterocycles. The number of carbonyl (C=O) groups is 2. The molecule has 0 fully saturated rings. The van der Waals surface area contributed by atoms with Gasteiger partial charge in [-0.3, -0.25) is 4.79 Å². The van der Waals surface area contributed by atoms with Crippen LogP contribution in [0.4, 0.5) is 26.4 Å². The van der Waals surface area contributed by atoms with E-state index in [-0.39, 0.29) is 18.3 Å². The lowest BCUT2D eigenvalue weighted by molar-refractivity contribution is 0.102. The Morgan fingerprint density at radius 1 is 1.03 bits per heavy atom. The highest BCUT2D eigenvalue weighted by Gasteiger charge is 2.16. The van der Waals surface area contributed by atoms with Crippen LogP contribution in [0.15, 0.2) is 65.2 Å². The third-order valence-corrected chi connectivity index (χ3v) is 4.84. The van der Waals surface area contributed by atoms with Crippen LogP contribution in [0.1, 0.15) is 21.5 Å². The summed E-state index contributed by atoms with van der Waals surface area (Å²) in [6.07, 6.45) is 0. The molecule has 3 aromatic carbocycles. The Bertz CT molecular complexity index is 1320. The topological polar surface area (TPSA) is 122 Å². The number of rotatable bonds is 5. The first kappa shape index (κ1) is 20.9. The summed E-state index contributed by atoms with van der Waals surface area (Å²) in [5, 5.41) is 12.2. The van der Waals surface area contributed by atoms with Crippen molar-refractivity contribution < 1.29 is 18.5 Å². The number of urea groups is 1. The zero-order valence-electron chi connectivity index (χ0n) is 17.1. The van der Waals surface area contributed by atoms with Crippen molar-refractivity contribution in [2.24, 2.45) is 0 Å². The normalized spacial score (nSPS) is 10.7. The number of nitrogens with zero attached hydrogens (tertiary/aromatic N) is 1. The van der Waals surface area contributed by atoms with Crippen molar-refractivity contribution in [1.82, 2.24) is 10.5 Å². The van der Waals surface area contributed by atoms with Crippen molar-refractivity contribution in [2.75, 3.05) is 16.4 Å². The number of anilines is 3. The number of fused-ring (bicyclic) bond motifs is 1. The van der Waals surface area contributed by atoms with E-state index in [4.69, 9.17) is 10.3 Å². The zero-order valence-corrected chi connectivity index (χ0v) is 17.1. The Morgan fingerprint density at radius 3 is 2.62 bits per heavy atom. The lowest BCUT2D eigenvalue weighted by Gasteiger charge is -2.10. The Balaban J connectivity index is 1.40. The van der Waals surface area contributed by atoms with Gasteiger partial charge in [-0.15, -0.1) is 0 Å². The number of amides is 3. The third kappa shape index (κ3) is 4.51. The number of carbonyl (C=O) groups excluding carboxylic acids is 2. The standard InChI is InChI=1S/C23H20FN5O3/c1-13-8-9-16(11-18(13)24)28-23(31)26-12-14-4-2-5-15(10-14)27-22(30)17-6-3-7-19-20(17)21(25)29-32-19/h2-11H,12H2,1H3,(H2,25,29)(H,27,30)(H2,26,28,31). The molecule has 0 spiro atoms. The number of hydrogen-bond donors (Lipinski definition) is 4. The molecule has 1 heterocycles. The maximum absolute atomic E-state index is 13.6.